The molecule has 3 atom stereocenters. The number of carbonyl (C=O) groups is 2. The molecule has 0 amide bonds. The number of hydrogen-bond acceptors (Lipinski definition) is 6. The zero-order chi connectivity index (χ0) is 25.1. The average Bonchev–Trinajstić information content (AvgIpc) is 2.83. The van der Waals surface area contributed by atoms with Gasteiger partial charge in [0.15, 0.2) is 5.78 Å². The first-order valence-corrected chi connectivity index (χ1v) is 12.2. The number of benzene rings is 2. The van der Waals surface area contributed by atoms with Crippen molar-refractivity contribution >= 4 is 17.5 Å². The van der Waals surface area contributed by atoms with Crippen molar-refractivity contribution in [3.63, 3.8) is 0 Å². The van der Waals surface area contributed by atoms with Crippen molar-refractivity contribution in [3.8, 4) is 11.5 Å². The molecule has 1 aliphatic heterocycles. The predicted molar refractivity (Wildman–Crippen MR) is 135 cm³/mol. The zero-order valence-corrected chi connectivity index (χ0v) is 21.0. The van der Waals surface area contributed by atoms with E-state index in [1.807, 2.05) is 69.3 Å². The smallest absolute Gasteiger partial charge is 0.315 e. The molecule has 1 aliphatic carbocycles. The molecular formula is C29H33NO5. The van der Waals surface area contributed by atoms with Gasteiger partial charge in [-0.25, -0.2) is 0 Å². The number of ether oxygens (including phenoxy) is 3. The van der Waals surface area contributed by atoms with Crippen LogP contribution in [0.25, 0.3) is 0 Å². The SMILES string of the molecule is CCOC(=O)C1C(C)=NC2=C(C(=O)C[C@@H](c3ccc(OC)cc3)C2)[C@@H]1c1ccccc1OC(C)C. The van der Waals surface area contributed by atoms with Crippen LogP contribution < -0.4 is 9.47 Å². The third kappa shape index (κ3) is 5.02. The molecule has 184 valence electrons. The zero-order valence-electron chi connectivity index (χ0n) is 21.0. The summed E-state index contributed by atoms with van der Waals surface area (Å²) in [6, 6.07) is 15.5. The van der Waals surface area contributed by atoms with Gasteiger partial charge in [0.2, 0.25) is 0 Å². The fourth-order valence-electron chi connectivity index (χ4n) is 5.14. The first kappa shape index (κ1) is 24.7. The molecule has 1 heterocycles. The van der Waals surface area contributed by atoms with Gasteiger partial charge >= 0.3 is 5.97 Å². The van der Waals surface area contributed by atoms with E-state index in [-0.39, 0.29) is 30.4 Å². The van der Waals surface area contributed by atoms with Gasteiger partial charge in [-0.3, -0.25) is 14.6 Å². The molecule has 6 nitrogen and oxygen atoms in total. The van der Waals surface area contributed by atoms with Crippen LogP contribution in [0.5, 0.6) is 11.5 Å². The molecule has 0 saturated heterocycles. The molecule has 0 radical (unpaired) electrons. The predicted octanol–water partition coefficient (Wildman–Crippen LogP) is 5.62. The molecule has 0 spiro atoms. The Balaban J connectivity index is 1.81. The summed E-state index contributed by atoms with van der Waals surface area (Å²) in [4.78, 5) is 31.7. The van der Waals surface area contributed by atoms with Gasteiger partial charge in [0.1, 0.15) is 17.4 Å². The fourth-order valence-corrected chi connectivity index (χ4v) is 5.14. The minimum atomic E-state index is -0.674. The number of para-hydroxylation sites is 1. The molecule has 0 N–H and O–H groups in total. The van der Waals surface area contributed by atoms with Gasteiger partial charge in [-0.1, -0.05) is 30.3 Å². The van der Waals surface area contributed by atoms with Crippen LogP contribution in [0, 0.1) is 5.92 Å². The van der Waals surface area contributed by atoms with E-state index >= 15 is 0 Å². The summed E-state index contributed by atoms with van der Waals surface area (Å²) in [5, 5.41) is 0. The summed E-state index contributed by atoms with van der Waals surface area (Å²) in [5.41, 5.74) is 3.92. The van der Waals surface area contributed by atoms with Gasteiger partial charge in [-0.15, -0.1) is 0 Å². The Bertz CT molecular complexity index is 1160. The maximum absolute atomic E-state index is 13.7. The van der Waals surface area contributed by atoms with Crippen LogP contribution in [-0.2, 0) is 14.3 Å². The molecule has 0 fully saturated rings. The van der Waals surface area contributed by atoms with Crippen molar-refractivity contribution in [1.29, 1.82) is 0 Å². The van der Waals surface area contributed by atoms with Crippen molar-refractivity contribution in [2.24, 2.45) is 10.9 Å². The molecule has 0 saturated carbocycles. The average molecular weight is 476 g/mol. The van der Waals surface area contributed by atoms with Crippen LogP contribution in [0.3, 0.4) is 0 Å². The number of allylic oxidation sites excluding steroid dienone is 2. The summed E-state index contributed by atoms with van der Waals surface area (Å²) in [7, 11) is 1.64. The summed E-state index contributed by atoms with van der Waals surface area (Å²) >= 11 is 0. The number of aliphatic imine (C=N–C) groups is 1. The monoisotopic (exact) mass is 475 g/mol. The van der Waals surface area contributed by atoms with E-state index < -0.39 is 11.8 Å². The Labute approximate surface area is 207 Å². The molecular weight excluding hydrogens is 442 g/mol. The topological polar surface area (TPSA) is 74.2 Å². The molecule has 2 aliphatic rings. The molecule has 0 bridgehead atoms. The summed E-state index contributed by atoms with van der Waals surface area (Å²) in [6.45, 7) is 7.82. The largest absolute Gasteiger partial charge is 0.497 e. The Kier molecular flexibility index (Phi) is 7.39. The van der Waals surface area contributed by atoms with Crippen LogP contribution >= 0.6 is 0 Å². The Morgan fingerprint density at radius 1 is 1.09 bits per heavy atom. The molecule has 6 heteroatoms. The Hall–Kier alpha value is -3.41. The third-order valence-corrected chi connectivity index (χ3v) is 6.63. The van der Waals surface area contributed by atoms with E-state index in [4.69, 9.17) is 19.2 Å². The fraction of sp³-hybridized carbons (Fsp3) is 0.414. The van der Waals surface area contributed by atoms with E-state index in [0.717, 1.165) is 22.6 Å². The first-order valence-electron chi connectivity index (χ1n) is 12.2. The number of methoxy groups -OCH3 is 1. The van der Waals surface area contributed by atoms with Crippen molar-refractivity contribution < 1.29 is 23.8 Å². The number of esters is 1. The van der Waals surface area contributed by atoms with Gasteiger partial charge in [-0.05, 0) is 63.8 Å². The maximum atomic E-state index is 13.7. The van der Waals surface area contributed by atoms with E-state index in [0.29, 0.717) is 29.9 Å². The van der Waals surface area contributed by atoms with Crippen LogP contribution in [0.15, 0.2) is 64.8 Å². The maximum Gasteiger partial charge on any atom is 0.315 e. The molecule has 1 unspecified atom stereocenters. The normalized spacial score (nSPS) is 21.9. The van der Waals surface area contributed by atoms with E-state index in [1.165, 1.54) is 0 Å². The number of hydrogen-bond donors (Lipinski definition) is 0. The highest BCUT2D eigenvalue weighted by Crippen LogP contribution is 2.48. The lowest BCUT2D eigenvalue weighted by atomic mass is 9.69. The second-order valence-corrected chi connectivity index (χ2v) is 9.33. The molecule has 35 heavy (non-hydrogen) atoms. The quantitative estimate of drug-likeness (QED) is 0.486. The van der Waals surface area contributed by atoms with E-state index in [2.05, 4.69) is 0 Å². The summed E-state index contributed by atoms with van der Waals surface area (Å²) in [5.74, 6) is -0.0508. The van der Waals surface area contributed by atoms with Crippen LogP contribution in [-0.4, -0.2) is 37.3 Å². The number of Topliss-reactive ketones (excluding diaryl/α,β-unsaturated/α-hetero) is 1. The van der Waals surface area contributed by atoms with Crippen LogP contribution in [0.1, 0.15) is 63.5 Å². The third-order valence-electron chi connectivity index (χ3n) is 6.63. The number of nitrogens with zero attached hydrogens (tertiary/aromatic N) is 1. The van der Waals surface area contributed by atoms with Gasteiger partial charge in [0.25, 0.3) is 0 Å². The molecule has 4 rings (SSSR count). The lowest BCUT2D eigenvalue weighted by Crippen LogP contribution is -2.38. The van der Waals surface area contributed by atoms with Crippen LogP contribution in [0.2, 0.25) is 0 Å². The van der Waals surface area contributed by atoms with Gasteiger partial charge in [0, 0.05) is 34.9 Å². The molecule has 2 aromatic carbocycles. The molecule has 2 aromatic rings. The summed E-state index contributed by atoms with van der Waals surface area (Å²) < 4.78 is 16.8. The lowest BCUT2D eigenvalue weighted by molar-refractivity contribution is -0.146. The minimum absolute atomic E-state index is 0.0157. The second kappa shape index (κ2) is 10.5. The van der Waals surface area contributed by atoms with E-state index in [9.17, 15) is 9.59 Å². The standard InChI is InChI=1S/C29H33NO5/c1-6-34-29(32)26-18(4)30-23-15-20(19-11-13-21(33-5)14-12-19)16-24(31)28(23)27(26)22-9-7-8-10-25(22)35-17(2)3/h7-14,17,20,26-27H,6,15-16H2,1-5H3/t20-,26?,27+/m0/s1. The Morgan fingerprint density at radius 2 is 1.80 bits per heavy atom. The number of rotatable bonds is 7. The van der Waals surface area contributed by atoms with Crippen LogP contribution in [0.4, 0.5) is 0 Å². The molecule has 0 aromatic heterocycles. The second-order valence-electron chi connectivity index (χ2n) is 9.33. The van der Waals surface area contributed by atoms with Crippen molar-refractivity contribution in [2.45, 2.75) is 58.5 Å². The number of carbonyl (C=O) groups excluding carboxylic acids is 2. The highest BCUT2D eigenvalue weighted by atomic mass is 16.5. The van der Waals surface area contributed by atoms with E-state index in [1.54, 1.807) is 14.0 Å². The minimum Gasteiger partial charge on any atom is -0.497 e. The van der Waals surface area contributed by atoms with Gasteiger partial charge in [0.05, 0.1) is 19.8 Å². The Morgan fingerprint density at radius 3 is 2.46 bits per heavy atom. The number of ketones is 1. The summed E-state index contributed by atoms with van der Waals surface area (Å²) in [6.07, 6.45) is 0.939. The van der Waals surface area contributed by atoms with Crippen molar-refractivity contribution in [3.05, 3.63) is 70.9 Å². The first-order chi connectivity index (χ1) is 16.8. The highest BCUT2D eigenvalue weighted by molar-refractivity contribution is 6.09. The highest BCUT2D eigenvalue weighted by Gasteiger charge is 2.45. The van der Waals surface area contributed by atoms with Gasteiger partial charge in [-0.2, -0.15) is 0 Å². The van der Waals surface area contributed by atoms with Gasteiger partial charge < -0.3 is 14.2 Å². The lowest BCUT2D eigenvalue weighted by Gasteiger charge is -2.37. The van der Waals surface area contributed by atoms with Crippen molar-refractivity contribution in [2.75, 3.05) is 13.7 Å². The van der Waals surface area contributed by atoms with Crippen molar-refractivity contribution in [1.82, 2.24) is 0 Å².